The summed E-state index contributed by atoms with van der Waals surface area (Å²) in [4.78, 5) is 0. The van der Waals surface area contributed by atoms with Crippen molar-refractivity contribution in [2.45, 2.75) is 45.3 Å². The summed E-state index contributed by atoms with van der Waals surface area (Å²) in [5.41, 5.74) is 1.97. The summed E-state index contributed by atoms with van der Waals surface area (Å²) >= 11 is 0. The van der Waals surface area contributed by atoms with E-state index in [1.165, 1.54) is 0 Å². The molecule has 0 aromatic carbocycles. The smallest absolute Gasteiger partial charge is 0.0910 e. The lowest BCUT2D eigenvalue weighted by molar-refractivity contribution is 0.544. The lowest BCUT2D eigenvalue weighted by Gasteiger charge is -2.25. The fourth-order valence-corrected chi connectivity index (χ4v) is 1.58. The SMILES string of the molecule is [B]C(C)(C)c1c(C(C)(C)C)nnn1C. The predicted molar refractivity (Wildman–Crippen MR) is 58.5 cm³/mol. The van der Waals surface area contributed by atoms with Crippen molar-refractivity contribution in [2.24, 2.45) is 7.05 Å². The van der Waals surface area contributed by atoms with Crippen LogP contribution in [0.4, 0.5) is 0 Å². The Labute approximate surface area is 87.3 Å². The molecule has 3 nitrogen and oxygen atoms in total. The van der Waals surface area contributed by atoms with Gasteiger partial charge in [-0.3, -0.25) is 4.68 Å². The minimum Gasteiger partial charge on any atom is -0.252 e. The van der Waals surface area contributed by atoms with E-state index in [0.717, 1.165) is 11.4 Å². The molecule has 2 radical (unpaired) electrons. The zero-order valence-corrected chi connectivity index (χ0v) is 9.92. The van der Waals surface area contributed by atoms with Gasteiger partial charge in [0.1, 0.15) is 0 Å². The summed E-state index contributed by atoms with van der Waals surface area (Å²) < 4.78 is 1.76. The van der Waals surface area contributed by atoms with E-state index in [0.29, 0.717) is 0 Å². The molecule has 0 aliphatic heterocycles. The molecule has 76 valence electrons. The average molecular weight is 191 g/mol. The van der Waals surface area contributed by atoms with Gasteiger partial charge in [-0.25, -0.2) is 0 Å². The minimum atomic E-state index is -0.402. The van der Waals surface area contributed by atoms with Crippen LogP contribution < -0.4 is 0 Å². The zero-order valence-electron chi connectivity index (χ0n) is 9.92. The van der Waals surface area contributed by atoms with Gasteiger partial charge in [0.05, 0.1) is 19.2 Å². The molecule has 0 unspecified atom stereocenters. The molecule has 0 aliphatic carbocycles. The molecule has 0 saturated heterocycles. The molecule has 14 heavy (non-hydrogen) atoms. The maximum Gasteiger partial charge on any atom is 0.0910 e. The Kier molecular flexibility index (Phi) is 2.50. The maximum atomic E-state index is 6.10. The first-order valence-corrected chi connectivity index (χ1v) is 4.83. The van der Waals surface area contributed by atoms with Crippen LogP contribution in [0, 0.1) is 0 Å². The van der Waals surface area contributed by atoms with E-state index in [1.54, 1.807) is 4.68 Å². The van der Waals surface area contributed by atoms with Gasteiger partial charge in [0, 0.05) is 12.5 Å². The normalized spacial score (nSPS) is 13.3. The molecule has 0 N–H and O–H groups in total. The number of aryl methyl sites for hydroxylation is 1. The molecule has 1 rings (SSSR count). The highest BCUT2D eigenvalue weighted by molar-refractivity contribution is 6.15. The van der Waals surface area contributed by atoms with E-state index >= 15 is 0 Å². The van der Waals surface area contributed by atoms with Crippen molar-refractivity contribution in [3.05, 3.63) is 11.4 Å². The van der Waals surface area contributed by atoms with Crippen LogP contribution in [0.3, 0.4) is 0 Å². The van der Waals surface area contributed by atoms with Gasteiger partial charge in [-0.15, -0.1) is 5.10 Å². The summed E-state index contributed by atoms with van der Waals surface area (Å²) in [6, 6.07) is 0. The average Bonchev–Trinajstić information content (AvgIpc) is 2.27. The van der Waals surface area contributed by atoms with Crippen LogP contribution in [0.1, 0.15) is 46.0 Å². The number of aromatic nitrogens is 3. The van der Waals surface area contributed by atoms with Crippen LogP contribution in [-0.2, 0) is 17.8 Å². The summed E-state index contributed by atoms with van der Waals surface area (Å²) in [6.45, 7) is 10.3. The molecule has 0 atom stereocenters. The van der Waals surface area contributed by atoms with Gasteiger partial charge < -0.3 is 0 Å². The third-order valence-electron chi connectivity index (χ3n) is 2.15. The highest BCUT2D eigenvalue weighted by Crippen LogP contribution is 2.29. The van der Waals surface area contributed by atoms with Gasteiger partial charge in [0.15, 0.2) is 0 Å². The molecule has 0 bridgehead atoms. The molecule has 0 fully saturated rings. The topological polar surface area (TPSA) is 30.7 Å². The van der Waals surface area contributed by atoms with E-state index < -0.39 is 5.31 Å². The Morgan fingerprint density at radius 3 is 1.93 bits per heavy atom. The molecule has 0 amide bonds. The van der Waals surface area contributed by atoms with Crippen molar-refractivity contribution >= 4 is 7.85 Å². The van der Waals surface area contributed by atoms with Crippen LogP contribution >= 0.6 is 0 Å². The Morgan fingerprint density at radius 1 is 1.14 bits per heavy atom. The molecule has 1 aromatic heterocycles. The third kappa shape index (κ3) is 1.99. The van der Waals surface area contributed by atoms with E-state index in [9.17, 15) is 0 Å². The van der Waals surface area contributed by atoms with Crippen molar-refractivity contribution in [3.8, 4) is 0 Å². The molecule has 4 heteroatoms. The molecular weight excluding hydrogens is 173 g/mol. The fraction of sp³-hybridized carbons (Fsp3) is 0.800. The molecule has 0 spiro atoms. The Hall–Kier alpha value is -0.795. The van der Waals surface area contributed by atoms with Crippen molar-refractivity contribution < 1.29 is 0 Å². The largest absolute Gasteiger partial charge is 0.252 e. The van der Waals surface area contributed by atoms with Gasteiger partial charge in [0.2, 0.25) is 0 Å². The quantitative estimate of drug-likeness (QED) is 0.630. The monoisotopic (exact) mass is 191 g/mol. The van der Waals surface area contributed by atoms with Gasteiger partial charge in [0.25, 0.3) is 0 Å². The van der Waals surface area contributed by atoms with Gasteiger partial charge >= 0.3 is 0 Å². The fourth-order valence-electron chi connectivity index (χ4n) is 1.58. The van der Waals surface area contributed by atoms with Gasteiger partial charge in [-0.05, 0) is 5.31 Å². The lowest BCUT2D eigenvalue weighted by atomic mass is 9.67. The third-order valence-corrected chi connectivity index (χ3v) is 2.15. The molecule has 0 aliphatic rings. The number of rotatable bonds is 1. The summed E-state index contributed by atoms with van der Waals surface area (Å²) in [7, 11) is 7.98. The first-order chi connectivity index (χ1) is 6.14. The molecular formula is C10H18BN3. The number of hydrogen-bond acceptors (Lipinski definition) is 2. The second-order valence-corrected chi connectivity index (χ2v) is 5.38. The summed E-state index contributed by atoms with van der Waals surface area (Å²) in [5, 5.41) is 7.82. The molecule has 0 saturated carbocycles. The highest BCUT2D eigenvalue weighted by Gasteiger charge is 2.29. The lowest BCUT2D eigenvalue weighted by Crippen LogP contribution is -2.26. The maximum absolute atomic E-state index is 6.10. The van der Waals surface area contributed by atoms with Gasteiger partial charge in [-0.2, -0.15) is 0 Å². The zero-order chi connectivity index (χ0) is 11.1. The van der Waals surface area contributed by atoms with Gasteiger partial charge in [-0.1, -0.05) is 39.8 Å². The first kappa shape index (κ1) is 11.3. The standard InChI is InChI=1S/C10H18BN3/c1-9(2,3)7-8(10(4,5)11)14(6)13-12-7/h1-6H3. The van der Waals surface area contributed by atoms with Crippen molar-refractivity contribution in [3.63, 3.8) is 0 Å². The van der Waals surface area contributed by atoms with Crippen LogP contribution in [0.15, 0.2) is 0 Å². The second kappa shape index (κ2) is 3.11. The molecule has 1 heterocycles. The van der Waals surface area contributed by atoms with Crippen LogP contribution in [0.5, 0.6) is 0 Å². The van der Waals surface area contributed by atoms with E-state index in [2.05, 4.69) is 31.1 Å². The van der Waals surface area contributed by atoms with E-state index in [4.69, 9.17) is 7.85 Å². The number of hydrogen-bond donors (Lipinski definition) is 0. The molecule has 1 aromatic rings. The number of nitrogens with zero attached hydrogens (tertiary/aromatic N) is 3. The Balaban J connectivity index is 3.35. The minimum absolute atomic E-state index is 0.0137. The van der Waals surface area contributed by atoms with Crippen molar-refractivity contribution in [1.82, 2.24) is 15.0 Å². The Bertz CT molecular complexity index is 328. The second-order valence-electron chi connectivity index (χ2n) is 5.38. The Morgan fingerprint density at radius 2 is 1.64 bits per heavy atom. The predicted octanol–water partition coefficient (Wildman–Crippen LogP) is 1.52. The van der Waals surface area contributed by atoms with E-state index in [1.807, 2.05) is 20.9 Å². The van der Waals surface area contributed by atoms with E-state index in [-0.39, 0.29) is 5.41 Å². The van der Waals surface area contributed by atoms with Crippen LogP contribution in [0.2, 0.25) is 0 Å². The van der Waals surface area contributed by atoms with Crippen LogP contribution in [0.25, 0.3) is 0 Å². The summed E-state index contributed by atoms with van der Waals surface area (Å²) in [6.07, 6.45) is 0. The first-order valence-electron chi connectivity index (χ1n) is 4.83. The van der Waals surface area contributed by atoms with Crippen molar-refractivity contribution in [1.29, 1.82) is 0 Å². The highest BCUT2D eigenvalue weighted by atomic mass is 15.4. The van der Waals surface area contributed by atoms with Crippen molar-refractivity contribution in [2.75, 3.05) is 0 Å². The van der Waals surface area contributed by atoms with Crippen LogP contribution in [-0.4, -0.2) is 22.8 Å². The summed E-state index contributed by atoms with van der Waals surface area (Å²) in [5.74, 6) is 0.